The van der Waals surface area contributed by atoms with Gasteiger partial charge in [0, 0.05) is 45.8 Å². The van der Waals surface area contributed by atoms with Gasteiger partial charge in [0.15, 0.2) is 0 Å². The molecule has 1 unspecified atom stereocenters. The van der Waals surface area contributed by atoms with Gasteiger partial charge in [0.2, 0.25) is 12.3 Å². The Balaban J connectivity index is 1.83. The first-order valence-corrected chi connectivity index (χ1v) is 7.15. The molecule has 0 aromatic carbocycles. The summed E-state index contributed by atoms with van der Waals surface area (Å²) in [7, 11) is 0. The van der Waals surface area contributed by atoms with Gasteiger partial charge in [-0.3, -0.25) is 9.59 Å². The van der Waals surface area contributed by atoms with Crippen molar-refractivity contribution < 1.29 is 9.59 Å². The summed E-state index contributed by atoms with van der Waals surface area (Å²) >= 11 is 0. The molecule has 0 saturated carbocycles. The Hall–Kier alpha value is -1.14. The molecule has 0 spiro atoms. The Morgan fingerprint density at radius 2 is 1.95 bits per heavy atom. The third kappa shape index (κ3) is 3.67. The largest absolute Gasteiger partial charge is 0.342 e. The van der Waals surface area contributed by atoms with Crippen LogP contribution < -0.4 is 5.73 Å². The number of nitrogens with zero attached hydrogens (tertiary/aromatic N) is 3. The van der Waals surface area contributed by atoms with Crippen molar-refractivity contribution in [2.75, 3.05) is 52.4 Å². The summed E-state index contributed by atoms with van der Waals surface area (Å²) in [6, 6.07) is 0. The number of carbonyl (C=O) groups is 2. The maximum absolute atomic E-state index is 12.5. The quantitative estimate of drug-likeness (QED) is 0.661. The number of carbonyl (C=O) groups excluding carboxylic acids is 2. The number of hydrogen-bond acceptors (Lipinski definition) is 4. The van der Waals surface area contributed by atoms with E-state index in [0.717, 1.165) is 38.9 Å². The molecule has 2 heterocycles. The number of piperidine rings is 1. The van der Waals surface area contributed by atoms with Crippen molar-refractivity contribution in [1.82, 2.24) is 14.7 Å². The van der Waals surface area contributed by atoms with E-state index < -0.39 is 0 Å². The number of likely N-dealkylation sites (tertiary alicyclic amines) is 1. The molecule has 6 nitrogen and oxygen atoms in total. The average molecular weight is 268 g/mol. The summed E-state index contributed by atoms with van der Waals surface area (Å²) in [5.74, 6) is 0.371. The lowest BCUT2D eigenvalue weighted by Gasteiger charge is -2.38. The Morgan fingerprint density at radius 1 is 1.21 bits per heavy atom. The lowest BCUT2D eigenvalue weighted by Crippen LogP contribution is -2.52. The molecule has 2 fully saturated rings. The van der Waals surface area contributed by atoms with Crippen LogP contribution in [0.25, 0.3) is 0 Å². The molecule has 2 aliphatic heterocycles. The monoisotopic (exact) mass is 268 g/mol. The minimum atomic E-state index is 0.114. The fraction of sp³-hybridized carbons (Fsp3) is 0.846. The van der Waals surface area contributed by atoms with E-state index in [1.165, 1.54) is 0 Å². The summed E-state index contributed by atoms with van der Waals surface area (Å²) in [5, 5.41) is 0. The molecular formula is C13H24N4O2. The highest BCUT2D eigenvalue weighted by atomic mass is 16.2. The SMILES string of the molecule is NCCN1CCCC(C(=O)N2CCN(C=O)CC2)C1. The number of hydrogen-bond donors (Lipinski definition) is 1. The zero-order valence-corrected chi connectivity index (χ0v) is 11.5. The highest BCUT2D eigenvalue weighted by Crippen LogP contribution is 2.19. The van der Waals surface area contributed by atoms with Crippen LogP contribution >= 0.6 is 0 Å². The van der Waals surface area contributed by atoms with Gasteiger partial charge in [0.1, 0.15) is 0 Å². The third-order valence-corrected chi connectivity index (χ3v) is 4.08. The van der Waals surface area contributed by atoms with E-state index in [1.54, 1.807) is 4.90 Å². The zero-order valence-electron chi connectivity index (χ0n) is 11.5. The second-order valence-electron chi connectivity index (χ2n) is 5.40. The number of piperazine rings is 1. The molecule has 0 radical (unpaired) electrons. The van der Waals surface area contributed by atoms with Crippen LogP contribution in [0.5, 0.6) is 0 Å². The Kier molecular flexibility index (Phi) is 5.15. The minimum Gasteiger partial charge on any atom is -0.342 e. The predicted octanol–water partition coefficient (Wildman–Crippen LogP) is -1.04. The standard InChI is InChI=1S/C13H24N4O2/c14-3-5-15-4-1-2-12(10-15)13(19)17-8-6-16(11-18)7-9-17/h11-12H,1-10,14H2. The topological polar surface area (TPSA) is 69.9 Å². The summed E-state index contributed by atoms with van der Waals surface area (Å²) in [4.78, 5) is 29.0. The van der Waals surface area contributed by atoms with Gasteiger partial charge in [0.05, 0.1) is 5.92 Å². The van der Waals surface area contributed by atoms with E-state index in [4.69, 9.17) is 5.73 Å². The third-order valence-electron chi connectivity index (χ3n) is 4.08. The van der Waals surface area contributed by atoms with Crippen LogP contribution in [-0.2, 0) is 9.59 Å². The fourth-order valence-corrected chi connectivity index (χ4v) is 2.95. The molecule has 0 aromatic rings. The van der Waals surface area contributed by atoms with Crippen LogP contribution in [0.4, 0.5) is 0 Å². The van der Waals surface area contributed by atoms with Gasteiger partial charge >= 0.3 is 0 Å². The first kappa shape index (κ1) is 14.3. The highest BCUT2D eigenvalue weighted by Gasteiger charge is 2.30. The summed E-state index contributed by atoms with van der Waals surface area (Å²) < 4.78 is 0. The normalized spacial score (nSPS) is 25.4. The van der Waals surface area contributed by atoms with Gasteiger partial charge in [-0.05, 0) is 19.4 Å². The molecule has 0 aliphatic carbocycles. The van der Waals surface area contributed by atoms with E-state index in [2.05, 4.69) is 4.90 Å². The Bertz CT molecular complexity index is 314. The molecule has 2 rings (SSSR count). The lowest BCUT2D eigenvalue weighted by molar-refractivity contribution is -0.140. The van der Waals surface area contributed by atoms with Gasteiger partial charge in [-0.1, -0.05) is 0 Å². The summed E-state index contributed by atoms with van der Waals surface area (Å²) in [6.45, 7) is 6.09. The van der Waals surface area contributed by atoms with E-state index in [0.29, 0.717) is 32.7 Å². The fourth-order valence-electron chi connectivity index (χ4n) is 2.95. The van der Waals surface area contributed by atoms with Crippen molar-refractivity contribution in [1.29, 1.82) is 0 Å². The zero-order chi connectivity index (χ0) is 13.7. The number of amides is 2. The van der Waals surface area contributed by atoms with E-state index in [1.807, 2.05) is 4.90 Å². The first-order valence-electron chi connectivity index (χ1n) is 7.15. The van der Waals surface area contributed by atoms with Crippen LogP contribution in [0.1, 0.15) is 12.8 Å². The van der Waals surface area contributed by atoms with Crippen LogP contribution in [0.2, 0.25) is 0 Å². The predicted molar refractivity (Wildman–Crippen MR) is 72.4 cm³/mol. The molecule has 0 aromatic heterocycles. The Labute approximate surface area is 114 Å². The van der Waals surface area contributed by atoms with Gasteiger partial charge in [-0.2, -0.15) is 0 Å². The van der Waals surface area contributed by atoms with Gasteiger partial charge in [-0.15, -0.1) is 0 Å². The maximum Gasteiger partial charge on any atom is 0.227 e. The van der Waals surface area contributed by atoms with Crippen molar-refractivity contribution in [2.24, 2.45) is 11.7 Å². The second kappa shape index (κ2) is 6.86. The first-order chi connectivity index (χ1) is 9.24. The van der Waals surface area contributed by atoms with Gasteiger partial charge in [0.25, 0.3) is 0 Å². The van der Waals surface area contributed by atoms with Crippen LogP contribution in [0, 0.1) is 5.92 Å². The number of rotatable bonds is 4. The molecule has 6 heteroatoms. The molecule has 2 aliphatic rings. The van der Waals surface area contributed by atoms with Crippen LogP contribution in [-0.4, -0.2) is 79.4 Å². The van der Waals surface area contributed by atoms with Crippen LogP contribution in [0.15, 0.2) is 0 Å². The van der Waals surface area contributed by atoms with Crippen molar-refractivity contribution in [3.8, 4) is 0 Å². The molecule has 19 heavy (non-hydrogen) atoms. The molecule has 108 valence electrons. The molecule has 2 saturated heterocycles. The smallest absolute Gasteiger partial charge is 0.227 e. The van der Waals surface area contributed by atoms with Crippen molar-refractivity contribution >= 4 is 12.3 Å². The highest BCUT2D eigenvalue weighted by molar-refractivity contribution is 5.79. The number of nitrogens with two attached hydrogens (primary N) is 1. The average Bonchev–Trinajstić information content (AvgIpc) is 2.47. The van der Waals surface area contributed by atoms with Crippen molar-refractivity contribution in [3.63, 3.8) is 0 Å². The van der Waals surface area contributed by atoms with Gasteiger partial charge < -0.3 is 20.4 Å². The summed E-state index contributed by atoms with van der Waals surface area (Å²) in [6.07, 6.45) is 2.92. The molecule has 2 N–H and O–H groups in total. The van der Waals surface area contributed by atoms with Crippen LogP contribution in [0.3, 0.4) is 0 Å². The second-order valence-corrected chi connectivity index (χ2v) is 5.40. The molecule has 1 atom stereocenters. The minimum absolute atomic E-state index is 0.114. The molecular weight excluding hydrogens is 244 g/mol. The molecule has 0 bridgehead atoms. The Morgan fingerprint density at radius 3 is 2.58 bits per heavy atom. The molecule has 2 amide bonds. The van der Waals surface area contributed by atoms with E-state index in [9.17, 15) is 9.59 Å². The maximum atomic E-state index is 12.5. The van der Waals surface area contributed by atoms with E-state index >= 15 is 0 Å². The van der Waals surface area contributed by atoms with E-state index in [-0.39, 0.29) is 11.8 Å². The van der Waals surface area contributed by atoms with Crippen molar-refractivity contribution in [3.05, 3.63) is 0 Å². The van der Waals surface area contributed by atoms with Crippen molar-refractivity contribution in [2.45, 2.75) is 12.8 Å². The lowest BCUT2D eigenvalue weighted by atomic mass is 9.96. The van der Waals surface area contributed by atoms with Gasteiger partial charge in [-0.25, -0.2) is 0 Å². The summed E-state index contributed by atoms with van der Waals surface area (Å²) in [5.41, 5.74) is 5.58.